The average molecular weight is 539 g/mol. The van der Waals surface area contributed by atoms with Crippen LogP contribution in [0.5, 0.6) is 11.5 Å². The van der Waals surface area contributed by atoms with Crippen molar-refractivity contribution in [3.8, 4) is 17.2 Å². The predicted molar refractivity (Wildman–Crippen MR) is 157 cm³/mol. The van der Waals surface area contributed by atoms with Crippen LogP contribution in [-0.2, 0) is 16.6 Å². The van der Waals surface area contributed by atoms with Gasteiger partial charge in [0.25, 0.3) is 0 Å². The molecular formula is C31H34N6O3. The fraction of sp³-hybridized carbons (Fsp3) is 0.290. The summed E-state index contributed by atoms with van der Waals surface area (Å²) < 4.78 is 7.88. The molecule has 40 heavy (non-hydrogen) atoms. The second-order valence-corrected chi connectivity index (χ2v) is 11.2. The normalized spacial score (nSPS) is 15.0. The summed E-state index contributed by atoms with van der Waals surface area (Å²) in [6, 6.07) is 18.4. The number of aryl methyl sites for hydroxylation is 1. The zero-order valence-electron chi connectivity index (χ0n) is 23.4. The molecule has 2 aromatic heterocycles. The molecule has 0 aliphatic carbocycles. The topological polar surface area (TPSA) is 110 Å². The summed E-state index contributed by atoms with van der Waals surface area (Å²) in [7, 11) is 0. The van der Waals surface area contributed by atoms with Gasteiger partial charge in [-0.25, -0.2) is 14.5 Å². The Morgan fingerprint density at radius 3 is 2.48 bits per heavy atom. The van der Waals surface area contributed by atoms with E-state index < -0.39 is 0 Å². The van der Waals surface area contributed by atoms with Gasteiger partial charge in [0.05, 0.1) is 11.4 Å². The lowest BCUT2D eigenvalue weighted by molar-refractivity contribution is -0.119. The summed E-state index contributed by atoms with van der Waals surface area (Å²) in [4.78, 5) is 29.5. The zero-order valence-corrected chi connectivity index (χ0v) is 23.4. The third-order valence-corrected chi connectivity index (χ3v) is 6.87. The highest BCUT2D eigenvalue weighted by Gasteiger charge is 2.24. The van der Waals surface area contributed by atoms with Gasteiger partial charge in [-0.15, -0.1) is 0 Å². The third kappa shape index (κ3) is 5.98. The lowest BCUT2D eigenvalue weighted by Gasteiger charge is -2.14. The number of urea groups is 1. The second kappa shape index (κ2) is 10.8. The van der Waals surface area contributed by atoms with Crippen molar-refractivity contribution in [2.45, 2.75) is 52.9 Å². The highest BCUT2D eigenvalue weighted by atomic mass is 16.5. The number of ether oxygens (including phenoxy) is 1. The maximum Gasteiger partial charge on any atom is 0.324 e. The van der Waals surface area contributed by atoms with Gasteiger partial charge in [0, 0.05) is 34.8 Å². The Morgan fingerprint density at radius 2 is 1.77 bits per heavy atom. The van der Waals surface area contributed by atoms with Crippen molar-refractivity contribution in [3.63, 3.8) is 0 Å². The van der Waals surface area contributed by atoms with E-state index in [-0.39, 0.29) is 23.3 Å². The van der Waals surface area contributed by atoms with Crippen LogP contribution in [0.25, 0.3) is 5.69 Å². The SMILES string of the molecule is Cc1ccc(-n2nc(C(C)(C)C)cc2NC(=O)Nc2ccc(Oc3ccnc4c3CCC(C)C(=O)N4)cc2)cc1. The smallest absolute Gasteiger partial charge is 0.324 e. The number of nitrogens with zero attached hydrogens (tertiary/aromatic N) is 3. The zero-order chi connectivity index (χ0) is 28.4. The number of pyridine rings is 1. The standard InChI is InChI=1S/C31H34N6O3/c1-19-6-11-22(12-7-19)37-27(18-26(36-37)31(3,4)5)34-30(39)33-21-9-13-23(14-10-21)40-25-16-17-32-28-24(25)15-8-20(2)29(38)35-28/h6-7,9-14,16-18,20H,8,15H2,1-5H3,(H,32,35,38)(H2,33,34,39). The number of carbonyl (C=O) groups excluding carboxylic acids is 2. The van der Waals surface area contributed by atoms with E-state index >= 15 is 0 Å². The molecule has 0 radical (unpaired) electrons. The van der Waals surface area contributed by atoms with Gasteiger partial charge < -0.3 is 15.4 Å². The van der Waals surface area contributed by atoms with Crippen LogP contribution in [-0.4, -0.2) is 26.7 Å². The van der Waals surface area contributed by atoms with Gasteiger partial charge in [-0.1, -0.05) is 45.4 Å². The minimum absolute atomic E-state index is 0.0337. The maximum atomic E-state index is 13.0. The summed E-state index contributed by atoms with van der Waals surface area (Å²) in [5.74, 6) is 2.25. The first-order chi connectivity index (χ1) is 19.1. The number of aromatic nitrogens is 3. The van der Waals surface area contributed by atoms with Crippen LogP contribution in [0.4, 0.5) is 22.1 Å². The lowest BCUT2D eigenvalue weighted by atomic mass is 9.92. The van der Waals surface area contributed by atoms with Crippen molar-refractivity contribution in [2.24, 2.45) is 5.92 Å². The Labute approximate surface area is 234 Å². The molecule has 5 rings (SSSR count). The largest absolute Gasteiger partial charge is 0.457 e. The Hall–Kier alpha value is -4.66. The molecule has 1 aliphatic rings. The number of nitrogens with one attached hydrogen (secondary N) is 3. The fourth-order valence-electron chi connectivity index (χ4n) is 4.38. The Bertz CT molecular complexity index is 1540. The minimum Gasteiger partial charge on any atom is -0.457 e. The van der Waals surface area contributed by atoms with Crippen molar-refractivity contribution in [3.05, 3.63) is 83.7 Å². The molecule has 4 aromatic rings. The van der Waals surface area contributed by atoms with Crippen LogP contribution in [0.1, 0.15) is 50.9 Å². The number of anilines is 3. The van der Waals surface area contributed by atoms with Gasteiger partial charge in [0.1, 0.15) is 23.1 Å². The van der Waals surface area contributed by atoms with Crippen molar-refractivity contribution in [2.75, 3.05) is 16.0 Å². The minimum atomic E-state index is -0.383. The molecule has 1 aliphatic heterocycles. The number of carbonyl (C=O) groups is 2. The predicted octanol–water partition coefficient (Wildman–Crippen LogP) is 6.83. The molecule has 3 amide bonds. The van der Waals surface area contributed by atoms with Crippen LogP contribution >= 0.6 is 0 Å². The molecule has 0 saturated carbocycles. The number of hydrogen-bond donors (Lipinski definition) is 3. The molecule has 0 fully saturated rings. The number of hydrogen-bond acceptors (Lipinski definition) is 5. The number of amides is 3. The van der Waals surface area contributed by atoms with Crippen LogP contribution < -0.4 is 20.7 Å². The molecule has 1 atom stereocenters. The summed E-state index contributed by atoms with van der Waals surface area (Å²) in [6.45, 7) is 10.2. The third-order valence-electron chi connectivity index (χ3n) is 6.87. The van der Waals surface area contributed by atoms with E-state index in [4.69, 9.17) is 9.84 Å². The van der Waals surface area contributed by atoms with Gasteiger partial charge in [-0.2, -0.15) is 5.10 Å². The second-order valence-electron chi connectivity index (χ2n) is 11.2. The van der Waals surface area contributed by atoms with E-state index in [0.29, 0.717) is 35.2 Å². The van der Waals surface area contributed by atoms with E-state index in [9.17, 15) is 9.59 Å². The van der Waals surface area contributed by atoms with Gasteiger partial charge in [0.2, 0.25) is 5.91 Å². The number of rotatable bonds is 5. The van der Waals surface area contributed by atoms with E-state index in [1.54, 1.807) is 41.2 Å². The van der Waals surface area contributed by atoms with Gasteiger partial charge >= 0.3 is 6.03 Å². The molecule has 0 saturated heterocycles. The van der Waals surface area contributed by atoms with Crippen LogP contribution in [0.3, 0.4) is 0 Å². The average Bonchev–Trinajstić information content (AvgIpc) is 3.27. The lowest BCUT2D eigenvalue weighted by Crippen LogP contribution is -2.21. The van der Waals surface area contributed by atoms with Gasteiger partial charge in [-0.3, -0.25) is 10.1 Å². The Kier molecular flexibility index (Phi) is 7.30. The van der Waals surface area contributed by atoms with E-state index in [2.05, 4.69) is 41.7 Å². The van der Waals surface area contributed by atoms with Gasteiger partial charge in [-0.05, 0) is 62.2 Å². The fourth-order valence-corrected chi connectivity index (χ4v) is 4.38. The molecule has 1 unspecified atom stereocenters. The van der Waals surface area contributed by atoms with Crippen molar-refractivity contribution < 1.29 is 14.3 Å². The van der Waals surface area contributed by atoms with E-state index in [1.807, 2.05) is 44.2 Å². The monoisotopic (exact) mass is 538 g/mol. The number of benzene rings is 2. The van der Waals surface area contributed by atoms with E-state index in [0.717, 1.165) is 28.9 Å². The molecule has 0 spiro atoms. The van der Waals surface area contributed by atoms with Crippen molar-refractivity contribution in [1.29, 1.82) is 0 Å². The van der Waals surface area contributed by atoms with E-state index in [1.165, 1.54) is 0 Å². The molecule has 0 bridgehead atoms. The molecule has 9 heteroatoms. The molecule has 2 aromatic carbocycles. The first-order valence-electron chi connectivity index (χ1n) is 13.4. The first-order valence-corrected chi connectivity index (χ1v) is 13.4. The highest BCUT2D eigenvalue weighted by molar-refractivity contribution is 5.99. The molecule has 206 valence electrons. The molecular weight excluding hydrogens is 504 g/mol. The summed E-state index contributed by atoms with van der Waals surface area (Å²) >= 11 is 0. The first kappa shape index (κ1) is 26.9. The molecule has 9 nitrogen and oxygen atoms in total. The number of fused-ring (bicyclic) bond motifs is 1. The Morgan fingerprint density at radius 1 is 1.05 bits per heavy atom. The van der Waals surface area contributed by atoms with Crippen molar-refractivity contribution in [1.82, 2.24) is 14.8 Å². The van der Waals surface area contributed by atoms with Crippen LogP contribution in [0.15, 0.2) is 66.9 Å². The van der Waals surface area contributed by atoms with Crippen LogP contribution in [0, 0.1) is 12.8 Å². The Balaban J connectivity index is 1.29. The summed E-state index contributed by atoms with van der Waals surface area (Å²) in [5.41, 5.74) is 4.18. The maximum absolute atomic E-state index is 13.0. The quantitative estimate of drug-likeness (QED) is 0.258. The highest BCUT2D eigenvalue weighted by Crippen LogP contribution is 2.33. The van der Waals surface area contributed by atoms with Crippen LogP contribution in [0.2, 0.25) is 0 Å². The van der Waals surface area contributed by atoms with Crippen molar-refractivity contribution >= 4 is 29.3 Å². The summed E-state index contributed by atoms with van der Waals surface area (Å²) in [5, 5.41) is 13.5. The molecule has 3 heterocycles. The molecule has 3 N–H and O–H groups in total. The summed E-state index contributed by atoms with van der Waals surface area (Å²) in [6.07, 6.45) is 3.03. The van der Waals surface area contributed by atoms with Gasteiger partial charge in [0.15, 0.2) is 0 Å².